The number of benzene rings is 1. The first-order chi connectivity index (χ1) is 17.8. The average Bonchev–Trinajstić information content (AvgIpc) is 3.21. The van der Waals surface area contributed by atoms with Gasteiger partial charge in [-0.05, 0) is 69.7 Å². The van der Waals surface area contributed by atoms with Gasteiger partial charge in [0.1, 0.15) is 11.9 Å². The zero-order chi connectivity index (χ0) is 25.8. The standard InChI is InChI=1S/C28H30N6O3/c1-17(2)31-23-18(13-29)12-19(14-30-23)25-32-24(33-37-25)21-4-3-5-22-20(21)6-7-27(22)10-11-34(15-27)16-28(8-9-28)26(35)36/h3-5,12,14,17H,6-11,15-16H2,1-2H3,(H,30,31)(H,35,36). The molecule has 3 aliphatic rings. The molecule has 1 aromatic carbocycles. The summed E-state index contributed by atoms with van der Waals surface area (Å²) in [5.74, 6) is 0.743. The van der Waals surface area contributed by atoms with Gasteiger partial charge in [-0.15, -0.1) is 0 Å². The minimum absolute atomic E-state index is 0.0529. The number of nitriles is 1. The molecule has 0 bridgehead atoms. The van der Waals surface area contributed by atoms with E-state index in [0.29, 0.717) is 35.2 Å². The van der Waals surface area contributed by atoms with Crippen LogP contribution in [0.3, 0.4) is 0 Å². The van der Waals surface area contributed by atoms with Crippen LogP contribution in [0.15, 0.2) is 35.0 Å². The molecule has 1 aliphatic heterocycles. The number of carbonyl (C=O) groups is 1. The monoisotopic (exact) mass is 498 g/mol. The molecule has 1 spiro atoms. The summed E-state index contributed by atoms with van der Waals surface area (Å²) in [6, 6.07) is 10.4. The van der Waals surface area contributed by atoms with E-state index in [2.05, 4.69) is 43.5 Å². The Balaban J connectivity index is 1.26. The average molecular weight is 499 g/mol. The van der Waals surface area contributed by atoms with Crippen LogP contribution in [-0.2, 0) is 16.6 Å². The molecule has 1 atom stereocenters. The Morgan fingerprint density at radius 3 is 2.86 bits per heavy atom. The van der Waals surface area contributed by atoms with Crippen LogP contribution in [0.5, 0.6) is 0 Å². The molecule has 1 unspecified atom stereocenters. The number of pyridine rings is 1. The predicted molar refractivity (Wildman–Crippen MR) is 137 cm³/mol. The van der Waals surface area contributed by atoms with E-state index < -0.39 is 11.4 Å². The summed E-state index contributed by atoms with van der Waals surface area (Å²) in [7, 11) is 0. The fraction of sp³-hybridized carbons (Fsp3) is 0.464. The lowest BCUT2D eigenvalue weighted by Gasteiger charge is -2.27. The smallest absolute Gasteiger partial charge is 0.310 e. The number of fused-ring (bicyclic) bond motifs is 2. The number of likely N-dealkylation sites (tertiary alicyclic amines) is 1. The van der Waals surface area contributed by atoms with E-state index in [1.54, 1.807) is 12.3 Å². The van der Waals surface area contributed by atoms with Crippen molar-refractivity contribution in [2.75, 3.05) is 25.0 Å². The van der Waals surface area contributed by atoms with Gasteiger partial charge in [-0.1, -0.05) is 23.4 Å². The summed E-state index contributed by atoms with van der Waals surface area (Å²) < 4.78 is 5.61. The van der Waals surface area contributed by atoms with E-state index in [0.717, 1.165) is 50.8 Å². The summed E-state index contributed by atoms with van der Waals surface area (Å²) in [4.78, 5) is 23.1. The molecule has 2 N–H and O–H groups in total. The first-order valence-corrected chi connectivity index (χ1v) is 12.9. The van der Waals surface area contributed by atoms with Crippen LogP contribution in [0.4, 0.5) is 5.82 Å². The zero-order valence-corrected chi connectivity index (χ0v) is 21.1. The van der Waals surface area contributed by atoms with E-state index >= 15 is 0 Å². The Hall–Kier alpha value is -3.77. The highest BCUT2D eigenvalue weighted by Gasteiger charge is 2.53. The van der Waals surface area contributed by atoms with Crippen molar-refractivity contribution in [1.29, 1.82) is 5.26 Å². The Morgan fingerprint density at radius 2 is 2.14 bits per heavy atom. The van der Waals surface area contributed by atoms with Gasteiger partial charge in [-0.25, -0.2) is 4.98 Å². The molecule has 1 saturated carbocycles. The second-order valence-electron chi connectivity index (χ2n) is 11.1. The van der Waals surface area contributed by atoms with Gasteiger partial charge in [0, 0.05) is 36.3 Å². The number of nitrogens with one attached hydrogen (secondary N) is 1. The number of carboxylic acids is 1. The minimum Gasteiger partial charge on any atom is -0.481 e. The Kier molecular flexibility index (Phi) is 5.53. The molecule has 0 radical (unpaired) electrons. The SMILES string of the molecule is CC(C)Nc1ncc(-c2nc(-c3cccc4c3CCC43CCN(CC4(C(=O)O)CC4)C3)no2)cc1C#N. The third kappa shape index (κ3) is 4.05. The van der Waals surface area contributed by atoms with Crippen LogP contribution in [0.25, 0.3) is 22.8 Å². The molecule has 37 heavy (non-hydrogen) atoms. The minimum atomic E-state index is -0.654. The molecular formula is C28H30N6O3. The van der Waals surface area contributed by atoms with Crippen LogP contribution >= 0.6 is 0 Å². The van der Waals surface area contributed by atoms with Crippen LogP contribution in [0, 0.1) is 16.7 Å². The number of aliphatic carboxylic acids is 1. The molecule has 1 saturated heterocycles. The molecule has 3 aromatic rings. The third-order valence-electron chi connectivity index (χ3n) is 8.21. The molecule has 0 amide bonds. The summed E-state index contributed by atoms with van der Waals surface area (Å²) in [5, 5.41) is 26.7. The first kappa shape index (κ1) is 23.6. The molecule has 2 fully saturated rings. The van der Waals surface area contributed by atoms with Gasteiger partial charge in [0.2, 0.25) is 5.82 Å². The second-order valence-corrected chi connectivity index (χ2v) is 11.1. The van der Waals surface area contributed by atoms with E-state index in [1.165, 1.54) is 11.1 Å². The zero-order valence-electron chi connectivity index (χ0n) is 21.1. The topological polar surface area (TPSA) is 128 Å². The summed E-state index contributed by atoms with van der Waals surface area (Å²) in [5.41, 5.74) is 4.11. The molecule has 190 valence electrons. The maximum atomic E-state index is 11.7. The van der Waals surface area contributed by atoms with Gasteiger partial charge in [-0.3, -0.25) is 4.79 Å². The normalized spacial score (nSPS) is 21.8. The first-order valence-electron chi connectivity index (χ1n) is 12.9. The number of hydrogen-bond acceptors (Lipinski definition) is 8. The summed E-state index contributed by atoms with van der Waals surface area (Å²) in [6.07, 6.45) is 6.23. The summed E-state index contributed by atoms with van der Waals surface area (Å²) >= 11 is 0. The molecular weight excluding hydrogens is 468 g/mol. The van der Waals surface area contributed by atoms with Crippen LogP contribution in [0.2, 0.25) is 0 Å². The highest BCUT2D eigenvalue weighted by molar-refractivity contribution is 5.78. The largest absolute Gasteiger partial charge is 0.481 e. The van der Waals surface area contributed by atoms with Crippen molar-refractivity contribution < 1.29 is 14.4 Å². The van der Waals surface area contributed by atoms with Gasteiger partial charge in [0.25, 0.3) is 5.89 Å². The quantitative estimate of drug-likeness (QED) is 0.491. The third-order valence-corrected chi connectivity index (χ3v) is 8.21. The van der Waals surface area contributed by atoms with Crippen LogP contribution < -0.4 is 5.32 Å². The van der Waals surface area contributed by atoms with Crippen molar-refractivity contribution in [2.24, 2.45) is 5.41 Å². The van der Waals surface area contributed by atoms with Crippen molar-refractivity contribution in [2.45, 2.75) is 57.4 Å². The number of hydrogen-bond donors (Lipinski definition) is 2. The number of nitrogens with zero attached hydrogens (tertiary/aromatic N) is 5. The molecule has 9 heteroatoms. The lowest BCUT2D eigenvalue weighted by molar-refractivity contribution is -0.144. The van der Waals surface area contributed by atoms with Crippen molar-refractivity contribution in [3.63, 3.8) is 0 Å². The summed E-state index contributed by atoms with van der Waals surface area (Å²) in [6.45, 7) is 6.46. The van der Waals surface area contributed by atoms with E-state index in [-0.39, 0.29) is 11.5 Å². The van der Waals surface area contributed by atoms with Crippen molar-refractivity contribution in [3.05, 3.63) is 47.2 Å². The number of anilines is 1. The number of carboxylic acid groups (broad SMARTS) is 1. The van der Waals surface area contributed by atoms with Gasteiger partial charge in [-0.2, -0.15) is 10.2 Å². The van der Waals surface area contributed by atoms with Gasteiger partial charge in [0.15, 0.2) is 0 Å². The van der Waals surface area contributed by atoms with Crippen molar-refractivity contribution in [3.8, 4) is 28.9 Å². The Bertz CT molecular complexity index is 1420. The fourth-order valence-corrected chi connectivity index (χ4v) is 6.10. The predicted octanol–water partition coefficient (Wildman–Crippen LogP) is 4.25. The fourth-order valence-electron chi connectivity index (χ4n) is 6.10. The molecule has 9 nitrogen and oxygen atoms in total. The highest BCUT2D eigenvalue weighted by atomic mass is 16.5. The van der Waals surface area contributed by atoms with Gasteiger partial charge < -0.3 is 19.8 Å². The Labute approximate surface area is 215 Å². The Morgan fingerprint density at radius 1 is 1.30 bits per heavy atom. The van der Waals surface area contributed by atoms with Gasteiger partial charge in [0.05, 0.1) is 16.5 Å². The van der Waals surface area contributed by atoms with Crippen LogP contribution in [0.1, 0.15) is 56.2 Å². The lowest BCUT2D eigenvalue weighted by atomic mass is 9.81. The van der Waals surface area contributed by atoms with E-state index in [9.17, 15) is 15.2 Å². The lowest BCUT2D eigenvalue weighted by Crippen LogP contribution is -2.35. The number of rotatable bonds is 7. The number of aromatic nitrogens is 3. The van der Waals surface area contributed by atoms with E-state index in [4.69, 9.17) is 4.52 Å². The molecule has 3 heterocycles. The second kappa shape index (κ2) is 8.67. The van der Waals surface area contributed by atoms with Crippen molar-refractivity contribution >= 4 is 11.8 Å². The highest BCUT2D eigenvalue weighted by Crippen LogP contribution is 2.51. The maximum absolute atomic E-state index is 11.7. The molecule has 6 rings (SSSR count). The molecule has 2 aromatic heterocycles. The maximum Gasteiger partial charge on any atom is 0.310 e. The molecule has 2 aliphatic carbocycles. The van der Waals surface area contributed by atoms with E-state index in [1.807, 2.05) is 19.9 Å². The van der Waals surface area contributed by atoms with Gasteiger partial charge >= 0.3 is 5.97 Å². The van der Waals surface area contributed by atoms with Crippen LogP contribution in [-0.4, -0.2) is 56.8 Å². The van der Waals surface area contributed by atoms with Crippen molar-refractivity contribution in [1.82, 2.24) is 20.0 Å².